The number of aryl methyl sites for hydroxylation is 1. The molecule has 5 nitrogen and oxygen atoms in total. The highest BCUT2D eigenvalue weighted by Gasteiger charge is 2.18. The van der Waals surface area contributed by atoms with E-state index in [1.54, 1.807) is 0 Å². The summed E-state index contributed by atoms with van der Waals surface area (Å²) >= 11 is 1.17. The largest absolute Gasteiger partial charge is 0.484 e. The lowest BCUT2D eigenvalue weighted by Gasteiger charge is -2.12. The maximum Gasteiger partial charge on any atom is 0.264 e. The van der Waals surface area contributed by atoms with Gasteiger partial charge in [0.05, 0.1) is 10.6 Å². The summed E-state index contributed by atoms with van der Waals surface area (Å²) in [4.78, 5) is 29.3. The number of ether oxygens (including phenoxy) is 1. The Morgan fingerprint density at radius 3 is 2.48 bits per heavy atom. The molecule has 0 unspecified atom stereocenters. The van der Waals surface area contributed by atoms with Crippen LogP contribution in [0.3, 0.4) is 0 Å². The average Bonchev–Trinajstić information content (AvgIpc) is 3.11. The van der Waals surface area contributed by atoms with E-state index in [1.807, 2.05) is 55.5 Å². The standard InChI is InChI=1S/C23H24N2O3S/c1-14(2)19-11-10-18(12-15(19)3)28-13-20(27)24-23-25-21(22(29-23)16(4)26)17-8-6-5-7-9-17/h5-12,14H,13H2,1-4H3,(H,24,25,27). The molecule has 2 aromatic carbocycles. The summed E-state index contributed by atoms with van der Waals surface area (Å²) in [5.74, 6) is 0.681. The minimum atomic E-state index is -0.320. The molecule has 0 spiro atoms. The molecule has 0 atom stereocenters. The number of amides is 1. The Labute approximate surface area is 174 Å². The molecule has 3 rings (SSSR count). The van der Waals surface area contributed by atoms with Crippen LogP contribution < -0.4 is 10.1 Å². The molecule has 1 aromatic heterocycles. The van der Waals surface area contributed by atoms with Crippen LogP contribution in [0.25, 0.3) is 11.3 Å². The molecule has 3 aromatic rings. The maximum atomic E-state index is 12.3. The van der Waals surface area contributed by atoms with E-state index in [2.05, 4.69) is 24.1 Å². The second-order valence-corrected chi connectivity index (χ2v) is 8.13. The summed E-state index contributed by atoms with van der Waals surface area (Å²) in [5.41, 5.74) is 3.82. The van der Waals surface area contributed by atoms with Gasteiger partial charge in [0.25, 0.3) is 5.91 Å². The number of nitrogens with zero attached hydrogens (tertiary/aromatic N) is 1. The van der Waals surface area contributed by atoms with E-state index in [0.717, 1.165) is 11.1 Å². The number of hydrogen-bond donors (Lipinski definition) is 1. The molecule has 0 fully saturated rings. The molecular weight excluding hydrogens is 384 g/mol. The van der Waals surface area contributed by atoms with Crippen LogP contribution in [0, 0.1) is 6.92 Å². The number of nitrogens with one attached hydrogen (secondary N) is 1. The number of carbonyl (C=O) groups excluding carboxylic acids is 2. The van der Waals surface area contributed by atoms with Crippen LogP contribution in [0.2, 0.25) is 0 Å². The number of thiazole rings is 1. The van der Waals surface area contributed by atoms with Gasteiger partial charge < -0.3 is 4.74 Å². The molecule has 0 aliphatic rings. The number of ketones is 1. The van der Waals surface area contributed by atoms with Gasteiger partial charge in [-0.25, -0.2) is 4.98 Å². The number of Topliss-reactive ketones (excluding diaryl/α,β-unsaturated/α-hetero) is 1. The fourth-order valence-electron chi connectivity index (χ4n) is 3.09. The molecule has 0 aliphatic carbocycles. The lowest BCUT2D eigenvalue weighted by molar-refractivity contribution is -0.118. The van der Waals surface area contributed by atoms with Gasteiger partial charge in [0, 0.05) is 12.5 Å². The van der Waals surface area contributed by atoms with Crippen molar-refractivity contribution in [3.8, 4) is 17.0 Å². The van der Waals surface area contributed by atoms with Crippen molar-refractivity contribution in [3.63, 3.8) is 0 Å². The molecule has 1 N–H and O–H groups in total. The lowest BCUT2D eigenvalue weighted by Crippen LogP contribution is -2.20. The molecule has 0 bridgehead atoms. The van der Waals surface area contributed by atoms with E-state index in [-0.39, 0.29) is 18.3 Å². The molecule has 0 saturated heterocycles. The predicted molar refractivity (Wildman–Crippen MR) is 117 cm³/mol. The van der Waals surface area contributed by atoms with Gasteiger partial charge in [0.2, 0.25) is 0 Å². The summed E-state index contributed by atoms with van der Waals surface area (Å²) in [6, 6.07) is 15.3. The third kappa shape index (κ3) is 5.09. The van der Waals surface area contributed by atoms with Crippen molar-refractivity contribution in [2.75, 3.05) is 11.9 Å². The number of carbonyl (C=O) groups is 2. The topological polar surface area (TPSA) is 68.3 Å². The van der Waals surface area contributed by atoms with Gasteiger partial charge in [-0.2, -0.15) is 0 Å². The first-order valence-electron chi connectivity index (χ1n) is 9.45. The van der Waals surface area contributed by atoms with Crippen LogP contribution >= 0.6 is 11.3 Å². The summed E-state index contributed by atoms with van der Waals surface area (Å²) < 4.78 is 5.62. The molecule has 1 heterocycles. The summed E-state index contributed by atoms with van der Waals surface area (Å²) in [7, 11) is 0. The Morgan fingerprint density at radius 2 is 1.86 bits per heavy atom. The number of hydrogen-bond acceptors (Lipinski definition) is 5. The zero-order valence-corrected chi connectivity index (χ0v) is 17.8. The normalized spacial score (nSPS) is 10.8. The van der Waals surface area contributed by atoms with Crippen molar-refractivity contribution in [3.05, 3.63) is 64.5 Å². The molecule has 0 aliphatic heterocycles. The zero-order chi connectivity index (χ0) is 21.0. The molecular formula is C23H24N2O3S. The van der Waals surface area contributed by atoms with Crippen LogP contribution in [-0.2, 0) is 4.79 Å². The van der Waals surface area contributed by atoms with Crippen molar-refractivity contribution in [2.45, 2.75) is 33.6 Å². The lowest BCUT2D eigenvalue weighted by atomic mass is 9.98. The van der Waals surface area contributed by atoms with E-state index in [1.165, 1.54) is 23.8 Å². The molecule has 0 saturated carbocycles. The van der Waals surface area contributed by atoms with Gasteiger partial charge in [-0.05, 0) is 36.1 Å². The highest BCUT2D eigenvalue weighted by atomic mass is 32.1. The first-order chi connectivity index (χ1) is 13.8. The van der Waals surface area contributed by atoms with E-state index < -0.39 is 0 Å². The van der Waals surface area contributed by atoms with Crippen molar-refractivity contribution < 1.29 is 14.3 Å². The maximum absolute atomic E-state index is 12.3. The first-order valence-corrected chi connectivity index (χ1v) is 10.3. The monoisotopic (exact) mass is 408 g/mol. The van der Waals surface area contributed by atoms with E-state index >= 15 is 0 Å². The molecule has 1 amide bonds. The SMILES string of the molecule is CC(=O)c1sc(NC(=O)COc2ccc(C(C)C)c(C)c2)nc1-c1ccccc1. The van der Waals surface area contributed by atoms with Gasteiger partial charge in [0.15, 0.2) is 17.5 Å². The summed E-state index contributed by atoms with van der Waals surface area (Å²) in [6.07, 6.45) is 0. The third-order valence-electron chi connectivity index (χ3n) is 4.47. The Kier molecular flexibility index (Phi) is 6.44. The van der Waals surface area contributed by atoms with Crippen LogP contribution in [-0.4, -0.2) is 23.3 Å². The van der Waals surface area contributed by atoms with Crippen molar-refractivity contribution >= 4 is 28.2 Å². The zero-order valence-electron chi connectivity index (χ0n) is 17.0. The summed E-state index contributed by atoms with van der Waals surface area (Å²) in [5, 5.41) is 3.12. The Morgan fingerprint density at radius 1 is 1.14 bits per heavy atom. The fraction of sp³-hybridized carbons (Fsp3) is 0.261. The van der Waals surface area contributed by atoms with Crippen molar-refractivity contribution in [1.29, 1.82) is 0 Å². The molecule has 29 heavy (non-hydrogen) atoms. The summed E-state index contributed by atoms with van der Waals surface area (Å²) in [6.45, 7) is 7.69. The quantitative estimate of drug-likeness (QED) is 0.527. The highest BCUT2D eigenvalue weighted by Crippen LogP contribution is 2.31. The van der Waals surface area contributed by atoms with E-state index in [4.69, 9.17) is 4.74 Å². The Hall–Kier alpha value is -2.99. The Balaban J connectivity index is 1.68. The van der Waals surface area contributed by atoms with Crippen molar-refractivity contribution in [2.24, 2.45) is 0 Å². The second kappa shape index (κ2) is 9.01. The molecule has 0 radical (unpaired) electrons. The molecule has 6 heteroatoms. The van der Waals surface area contributed by atoms with E-state index in [0.29, 0.717) is 27.4 Å². The number of benzene rings is 2. The van der Waals surface area contributed by atoms with Crippen molar-refractivity contribution in [1.82, 2.24) is 4.98 Å². The second-order valence-electron chi connectivity index (χ2n) is 7.13. The van der Waals surface area contributed by atoms with Crippen LogP contribution in [0.15, 0.2) is 48.5 Å². The minimum absolute atomic E-state index is 0.0844. The smallest absolute Gasteiger partial charge is 0.264 e. The van der Waals surface area contributed by atoms with Gasteiger partial charge in [-0.1, -0.05) is 61.6 Å². The van der Waals surface area contributed by atoms with Gasteiger partial charge >= 0.3 is 0 Å². The third-order valence-corrected chi connectivity index (χ3v) is 5.55. The number of aromatic nitrogens is 1. The molecule has 150 valence electrons. The highest BCUT2D eigenvalue weighted by molar-refractivity contribution is 7.18. The predicted octanol–water partition coefficient (Wildman–Crippen LogP) is 5.46. The van der Waals surface area contributed by atoms with Crippen LogP contribution in [0.5, 0.6) is 5.75 Å². The Bertz CT molecular complexity index is 1030. The first kappa shape index (κ1) is 20.7. The van der Waals surface area contributed by atoms with E-state index in [9.17, 15) is 9.59 Å². The number of anilines is 1. The van der Waals surface area contributed by atoms with Crippen LogP contribution in [0.4, 0.5) is 5.13 Å². The fourth-order valence-corrected chi connectivity index (χ4v) is 3.99. The average molecular weight is 409 g/mol. The van der Waals surface area contributed by atoms with Gasteiger partial charge in [0.1, 0.15) is 5.75 Å². The number of rotatable bonds is 7. The van der Waals surface area contributed by atoms with Crippen LogP contribution in [0.1, 0.15) is 47.5 Å². The minimum Gasteiger partial charge on any atom is -0.484 e. The van der Waals surface area contributed by atoms with Gasteiger partial charge in [-0.15, -0.1) is 0 Å². The van der Waals surface area contributed by atoms with Gasteiger partial charge in [-0.3, -0.25) is 14.9 Å².